The third-order valence-corrected chi connectivity index (χ3v) is 5.07. The molecule has 0 aromatic carbocycles. The number of nitrogens with one attached hydrogen (secondary N) is 2. The number of nitrogens with zero attached hydrogens (tertiary/aromatic N) is 1. The predicted octanol–water partition coefficient (Wildman–Crippen LogP) is 3.61. The Kier molecular flexibility index (Phi) is 3.52. The smallest absolute Gasteiger partial charge is 0.356 e. The van der Waals surface area contributed by atoms with Crippen molar-refractivity contribution in [3.8, 4) is 0 Å². The van der Waals surface area contributed by atoms with Crippen LogP contribution >= 0.6 is 22.7 Å². The molecular formula is C14H13N3O2S2. The highest BCUT2D eigenvalue weighted by atomic mass is 32.1. The van der Waals surface area contributed by atoms with Crippen molar-refractivity contribution in [2.45, 2.75) is 12.5 Å². The van der Waals surface area contributed by atoms with Crippen LogP contribution in [0.2, 0.25) is 0 Å². The maximum Gasteiger partial charge on any atom is 0.356 e. The van der Waals surface area contributed by atoms with E-state index in [-0.39, 0.29) is 5.69 Å². The van der Waals surface area contributed by atoms with E-state index >= 15 is 0 Å². The molecule has 0 aliphatic rings. The molecule has 0 aliphatic heterocycles. The molecule has 1 unspecified atom stereocenters. The average Bonchev–Trinajstić information content (AvgIpc) is 3.20. The molecule has 7 heteroatoms. The summed E-state index contributed by atoms with van der Waals surface area (Å²) in [5.41, 5.74) is 0.689. The zero-order valence-corrected chi connectivity index (χ0v) is 12.8. The number of anilines is 1. The second-order valence-electron chi connectivity index (χ2n) is 4.71. The highest BCUT2D eigenvalue weighted by Crippen LogP contribution is 2.36. The lowest BCUT2D eigenvalue weighted by Gasteiger charge is -2.29. The molecule has 0 amide bonds. The Morgan fingerprint density at radius 2 is 2.29 bits per heavy atom. The molecule has 0 radical (unpaired) electrons. The van der Waals surface area contributed by atoms with Gasteiger partial charge in [0.05, 0.1) is 5.54 Å². The molecule has 1 atom stereocenters. The molecule has 0 fully saturated rings. The van der Waals surface area contributed by atoms with Gasteiger partial charge in [0.1, 0.15) is 5.82 Å². The van der Waals surface area contributed by atoms with Crippen molar-refractivity contribution in [1.29, 1.82) is 0 Å². The standard InChI is InChI=1S/C14H13N3O2S2/c1-14(9-4-6-20-8-9,11-3-2-5-21-11)15-12-7-10(13(18)19)16-17-12/h2-8H,1H3,(H,18,19)(H2,15,16,17). The average molecular weight is 319 g/mol. The molecule has 3 aromatic heterocycles. The van der Waals surface area contributed by atoms with Crippen LogP contribution in [0.5, 0.6) is 0 Å². The minimum atomic E-state index is -1.05. The SMILES string of the molecule is CC(Nc1cc(C(=O)O)n[nH]1)(c1ccsc1)c1cccs1. The predicted molar refractivity (Wildman–Crippen MR) is 84.3 cm³/mol. The Morgan fingerprint density at radius 1 is 1.43 bits per heavy atom. The largest absolute Gasteiger partial charge is 0.476 e. The topological polar surface area (TPSA) is 78.0 Å². The molecule has 3 N–H and O–H groups in total. The number of aromatic nitrogens is 2. The van der Waals surface area contributed by atoms with Gasteiger partial charge in [0, 0.05) is 10.9 Å². The van der Waals surface area contributed by atoms with Gasteiger partial charge >= 0.3 is 5.97 Å². The monoisotopic (exact) mass is 319 g/mol. The minimum Gasteiger partial charge on any atom is -0.476 e. The molecule has 3 aromatic rings. The molecule has 5 nitrogen and oxygen atoms in total. The third-order valence-electron chi connectivity index (χ3n) is 3.29. The summed E-state index contributed by atoms with van der Waals surface area (Å²) in [7, 11) is 0. The van der Waals surface area contributed by atoms with E-state index in [1.807, 2.05) is 16.8 Å². The zero-order chi connectivity index (χ0) is 14.9. The maximum absolute atomic E-state index is 10.9. The Hall–Kier alpha value is -2.12. The van der Waals surface area contributed by atoms with Gasteiger partial charge in [-0.25, -0.2) is 4.79 Å². The van der Waals surface area contributed by atoms with E-state index in [9.17, 15) is 4.79 Å². The summed E-state index contributed by atoms with van der Waals surface area (Å²) in [5.74, 6) is -0.470. The number of carboxylic acid groups (broad SMARTS) is 1. The molecule has 108 valence electrons. The van der Waals surface area contributed by atoms with E-state index in [1.54, 1.807) is 22.7 Å². The summed E-state index contributed by atoms with van der Waals surface area (Å²) in [5, 5.41) is 25.0. The van der Waals surface area contributed by atoms with Gasteiger partial charge in [0.25, 0.3) is 0 Å². The van der Waals surface area contributed by atoms with Crippen LogP contribution in [0.25, 0.3) is 0 Å². The van der Waals surface area contributed by atoms with Crippen molar-refractivity contribution in [1.82, 2.24) is 10.2 Å². The van der Waals surface area contributed by atoms with Crippen molar-refractivity contribution in [3.05, 3.63) is 56.5 Å². The molecule has 0 bridgehead atoms. The quantitative estimate of drug-likeness (QED) is 0.671. The molecule has 21 heavy (non-hydrogen) atoms. The lowest BCUT2D eigenvalue weighted by atomic mass is 9.92. The first kappa shape index (κ1) is 13.8. The molecule has 0 aliphatic carbocycles. The van der Waals surface area contributed by atoms with Gasteiger partial charge in [0.2, 0.25) is 0 Å². The molecule has 0 saturated carbocycles. The first-order chi connectivity index (χ1) is 10.1. The van der Waals surface area contributed by atoms with Crippen LogP contribution in [0.3, 0.4) is 0 Å². The number of carbonyl (C=O) groups is 1. The normalized spacial score (nSPS) is 13.8. The number of hydrogen-bond acceptors (Lipinski definition) is 5. The number of H-pyrrole nitrogens is 1. The number of rotatable bonds is 5. The van der Waals surface area contributed by atoms with Crippen LogP contribution in [0.15, 0.2) is 40.4 Å². The lowest BCUT2D eigenvalue weighted by molar-refractivity contribution is 0.0690. The van der Waals surface area contributed by atoms with E-state index in [4.69, 9.17) is 5.11 Å². The number of hydrogen-bond donors (Lipinski definition) is 3. The number of aromatic amines is 1. The van der Waals surface area contributed by atoms with Crippen molar-refractivity contribution >= 4 is 34.5 Å². The molecule has 3 heterocycles. The number of carboxylic acids is 1. The third kappa shape index (κ3) is 2.57. The van der Waals surface area contributed by atoms with Gasteiger partial charge in [-0.05, 0) is 40.8 Å². The van der Waals surface area contributed by atoms with Crippen LogP contribution in [-0.4, -0.2) is 21.3 Å². The molecule has 3 rings (SSSR count). The molecule has 0 saturated heterocycles. The second-order valence-corrected chi connectivity index (χ2v) is 6.44. The van der Waals surface area contributed by atoms with E-state index < -0.39 is 11.5 Å². The Balaban J connectivity index is 1.98. The second kappa shape index (κ2) is 5.34. The van der Waals surface area contributed by atoms with Crippen molar-refractivity contribution < 1.29 is 9.90 Å². The first-order valence-corrected chi connectivity index (χ1v) is 8.05. The van der Waals surface area contributed by atoms with Gasteiger partial charge < -0.3 is 10.4 Å². The van der Waals surface area contributed by atoms with Crippen molar-refractivity contribution in [3.63, 3.8) is 0 Å². The van der Waals surface area contributed by atoms with Crippen molar-refractivity contribution in [2.75, 3.05) is 5.32 Å². The summed E-state index contributed by atoms with van der Waals surface area (Å²) in [6, 6.07) is 7.62. The van der Waals surface area contributed by atoms with Gasteiger partial charge in [0.15, 0.2) is 5.69 Å². The van der Waals surface area contributed by atoms with Crippen LogP contribution in [-0.2, 0) is 5.54 Å². The molecular weight excluding hydrogens is 306 g/mol. The lowest BCUT2D eigenvalue weighted by Crippen LogP contribution is -2.32. The summed E-state index contributed by atoms with van der Waals surface area (Å²) in [6.45, 7) is 2.07. The first-order valence-electron chi connectivity index (χ1n) is 6.23. The highest BCUT2D eigenvalue weighted by Gasteiger charge is 2.31. The van der Waals surface area contributed by atoms with Gasteiger partial charge in [-0.1, -0.05) is 6.07 Å². The van der Waals surface area contributed by atoms with E-state index in [2.05, 4.69) is 40.0 Å². The fourth-order valence-electron chi connectivity index (χ4n) is 2.15. The van der Waals surface area contributed by atoms with Gasteiger partial charge in [-0.2, -0.15) is 16.4 Å². The van der Waals surface area contributed by atoms with Crippen LogP contribution in [0, 0.1) is 0 Å². The van der Waals surface area contributed by atoms with E-state index in [0.29, 0.717) is 5.82 Å². The minimum absolute atomic E-state index is 0.00338. The zero-order valence-electron chi connectivity index (χ0n) is 11.2. The fraction of sp³-hybridized carbons (Fsp3) is 0.143. The summed E-state index contributed by atoms with van der Waals surface area (Å²) >= 11 is 3.28. The van der Waals surface area contributed by atoms with Gasteiger partial charge in [-0.3, -0.25) is 5.10 Å². The fourth-order valence-corrected chi connectivity index (χ4v) is 3.78. The van der Waals surface area contributed by atoms with E-state index in [1.165, 1.54) is 6.07 Å². The number of aromatic carboxylic acids is 1. The van der Waals surface area contributed by atoms with Gasteiger partial charge in [-0.15, -0.1) is 11.3 Å². The highest BCUT2D eigenvalue weighted by molar-refractivity contribution is 7.10. The van der Waals surface area contributed by atoms with Crippen LogP contribution in [0.4, 0.5) is 5.82 Å². The van der Waals surface area contributed by atoms with Crippen LogP contribution < -0.4 is 5.32 Å². The number of thiophene rings is 2. The summed E-state index contributed by atoms with van der Waals surface area (Å²) in [4.78, 5) is 12.1. The van der Waals surface area contributed by atoms with Crippen LogP contribution in [0.1, 0.15) is 27.9 Å². The Bertz CT molecular complexity index is 698. The van der Waals surface area contributed by atoms with Crippen molar-refractivity contribution in [2.24, 2.45) is 0 Å². The maximum atomic E-state index is 10.9. The summed E-state index contributed by atoms with van der Waals surface area (Å²) < 4.78 is 0. The summed E-state index contributed by atoms with van der Waals surface area (Å²) in [6.07, 6.45) is 0. The van der Waals surface area contributed by atoms with E-state index in [0.717, 1.165) is 10.4 Å². The molecule has 0 spiro atoms. The Labute approximate surface area is 129 Å². The Morgan fingerprint density at radius 3 is 2.86 bits per heavy atom.